The lowest BCUT2D eigenvalue weighted by Gasteiger charge is -2.22. The van der Waals surface area contributed by atoms with Crippen molar-refractivity contribution < 1.29 is 9.18 Å². The number of hydrogen-bond donors (Lipinski definition) is 2. The van der Waals surface area contributed by atoms with Crippen molar-refractivity contribution in [2.75, 3.05) is 6.54 Å². The molecule has 0 aliphatic carbocycles. The maximum Gasteiger partial charge on any atom is 0.332 e. The molecule has 4 aromatic rings. The number of aromatic amines is 1. The lowest BCUT2D eigenvalue weighted by molar-refractivity contribution is -0.123. The molecule has 1 saturated heterocycles. The van der Waals surface area contributed by atoms with Gasteiger partial charge in [-0.05, 0) is 37.0 Å². The number of hydrogen-bond acceptors (Lipinski definition) is 5. The van der Waals surface area contributed by atoms with Crippen LogP contribution in [0.3, 0.4) is 0 Å². The third-order valence-corrected chi connectivity index (χ3v) is 6.58. The van der Waals surface area contributed by atoms with Gasteiger partial charge in [0.25, 0.3) is 5.56 Å². The summed E-state index contributed by atoms with van der Waals surface area (Å²) in [5, 5.41) is 7.34. The molecule has 36 heavy (non-hydrogen) atoms. The predicted molar refractivity (Wildman–Crippen MR) is 132 cm³/mol. The lowest BCUT2D eigenvalue weighted by Crippen LogP contribution is -2.40. The van der Waals surface area contributed by atoms with E-state index in [1.807, 2.05) is 13.8 Å². The standard InChI is InChI=1S/C25H28FN7O3/c1-3-10-31-22-19(24(35)32(11-4-2)25(31)36)29-21(30-22)16-13-28-33(14-16)20(18-8-9-27-23(18)34)15-6-5-7-17(26)12-15/h5-7,12-14,18,20H,3-4,8-11H2,1-2H3,(H,27,34)(H,29,30). The highest BCUT2D eigenvalue weighted by atomic mass is 19.1. The fourth-order valence-corrected chi connectivity index (χ4v) is 4.94. The van der Waals surface area contributed by atoms with Gasteiger partial charge in [-0.15, -0.1) is 0 Å². The van der Waals surface area contributed by atoms with Crippen LogP contribution in [0.5, 0.6) is 0 Å². The summed E-state index contributed by atoms with van der Waals surface area (Å²) in [4.78, 5) is 46.3. The van der Waals surface area contributed by atoms with Gasteiger partial charge in [-0.3, -0.25) is 23.4 Å². The van der Waals surface area contributed by atoms with Crippen LogP contribution in [0.15, 0.2) is 46.2 Å². The molecule has 188 valence electrons. The van der Waals surface area contributed by atoms with E-state index in [1.165, 1.54) is 21.3 Å². The number of fused-ring (bicyclic) bond motifs is 1. The fraction of sp³-hybridized carbons (Fsp3) is 0.400. The fourth-order valence-electron chi connectivity index (χ4n) is 4.94. The van der Waals surface area contributed by atoms with E-state index in [0.29, 0.717) is 61.5 Å². The molecule has 0 radical (unpaired) electrons. The number of nitrogens with zero attached hydrogens (tertiary/aromatic N) is 5. The Balaban J connectivity index is 1.61. The molecule has 1 fully saturated rings. The summed E-state index contributed by atoms with van der Waals surface area (Å²) in [5.74, 6) is -0.519. The van der Waals surface area contributed by atoms with Gasteiger partial charge in [-0.25, -0.2) is 14.2 Å². The maximum absolute atomic E-state index is 14.1. The van der Waals surface area contributed by atoms with Crippen LogP contribution in [0, 0.1) is 11.7 Å². The average molecular weight is 494 g/mol. The molecule has 0 bridgehead atoms. The molecule has 3 aromatic heterocycles. The number of H-pyrrole nitrogens is 1. The summed E-state index contributed by atoms with van der Waals surface area (Å²) in [6.45, 7) is 5.17. The van der Waals surface area contributed by atoms with Gasteiger partial charge in [0, 0.05) is 25.8 Å². The van der Waals surface area contributed by atoms with Crippen LogP contribution in [0.25, 0.3) is 22.6 Å². The number of aromatic nitrogens is 6. The molecular weight excluding hydrogens is 465 g/mol. The van der Waals surface area contributed by atoms with Crippen molar-refractivity contribution >= 4 is 17.1 Å². The SMILES string of the molecule is CCCn1c(=O)c2[nH]c(-c3cnn(C(c4cccc(F)c4)C4CCNC4=O)c3)nc2n(CCC)c1=O. The molecule has 4 heterocycles. The normalized spacial score (nSPS) is 16.5. The highest BCUT2D eigenvalue weighted by molar-refractivity contribution is 5.81. The van der Waals surface area contributed by atoms with Gasteiger partial charge >= 0.3 is 5.69 Å². The minimum absolute atomic E-state index is 0.106. The molecule has 1 aliphatic rings. The van der Waals surface area contributed by atoms with Gasteiger partial charge in [0.1, 0.15) is 17.2 Å². The summed E-state index contributed by atoms with van der Waals surface area (Å²) in [5.41, 5.74) is 1.01. The Hall–Kier alpha value is -4.02. The zero-order chi connectivity index (χ0) is 25.4. The van der Waals surface area contributed by atoms with Gasteiger partial charge < -0.3 is 10.3 Å². The zero-order valence-corrected chi connectivity index (χ0v) is 20.2. The summed E-state index contributed by atoms with van der Waals surface area (Å²) >= 11 is 0. The molecule has 5 rings (SSSR count). The first kappa shape index (κ1) is 23.7. The molecular formula is C25H28FN7O3. The molecule has 0 saturated carbocycles. The molecule has 1 aliphatic heterocycles. The Morgan fingerprint density at radius 1 is 1.14 bits per heavy atom. The first-order valence-corrected chi connectivity index (χ1v) is 12.2. The second-order valence-electron chi connectivity index (χ2n) is 9.07. The van der Waals surface area contributed by atoms with Crippen molar-refractivity contribution in [3.63, 3.8) is 0 Å². The highest BCUT2D eigenvalue weighted by Crippen LogP contribution is 2.32. The molecule has 1 aromatic carbocycles. The minimum atomic E-state index is -0.513. The number of imidazole rings is 1. The van der Waals surface area contributed by atoms with Crippen molar-refractivity contribution in [1.29, 1.82) is 0 Å². The Bertz CT molecular complexity index is 1550. The van der Waals surface area contributed by atoms with Crippen LogP contribution >= 0.6 is 0 Å². The third-order valence-electron chi connectivity index (χ3n) is 6.58. The van der Waals surface area contributed by atoms with Crippen LogP contribution in [0.4, 0.5) is 4.39 Å². The van der Waals surface area contributed by atoms with Crippen LogP contribution < -0.4 is 16.6 Å². The number of amides is 1. The Kier molecular flexibility index (Phi) is 6.29. The number of carbonyl (C=O) groups excluding carboxylic acids is 1. The lowest BCUT2D eigenvalue weighted by atomic mass is 9.91. The van der Waals surface area contributed by atoms with Gasteiger partial charge in [-0.1, -0.05) is 26.0 Å². The summed E-state index contributed by atoms with van der Waals surface area (Å²) in [6, 6.07) is 5.66. The smallest absolute Gasteiger partial charge is 0.332 e. The van der Waals surface area contributed by atoms with Crippen molar-refractivity contribution in [2.45, 2.75) is 52.2 Å². The second-order valence-corrected chi connectivity index (χ2v) is 9.07. The molecule has 2 atom stereocenters. The van der Waals surface area contributed by atoms with E-state index in [4.69, 9.17) is 0 Å². The Morgan fingerprint density at radius 2 is 1.92 bits per heavy atom. The van der Waals surface area contributed by atoms with Gasteiger partial charge in [-0.2, -0.15) is 5.10 Å². The Morgan fingerprint density at radius 3 is 2.61 bits per heavy atom. The summed E-state index contributed by atoms with van der Waals surface area (Å²) in [6.07, 6.45) is 5.27. The number of nitrogens with one attached hydrogen (secondary N) is 2. The van der Waals surface area contributed by atoms with Crippen molar-refractivity contribution in [2.24, 2.45) is 5.92 Å². The third kappa shape index (κ3) is 4.04. The largest absolute Gasteiger partial charge is 0.356 e. The zero-order valence-electron chi connectivity index (χ0n) is 20.2. The van der Waals surface area contributed by atoms with E-state index >= 15 is 0 Å². The predicted octanol–water partition coefficient (Wildman–Crippen LogP) is 2.43. The van der Waals surface area contributed by atoms with Gasteiger partial charge in [0.2, 0.25) is 5.91 Å². The van der Waals surface area contributed by atoms with E-state index in [0.717, 1.165) is 0 Å². The van der Waals surface area contributed by atoms with E-state index in [-0.39, 0.29) is 17.1 Å². The Labute approximate surface area is 205 Å². The van der Waals surface area contributed by atoms with Crippen molar-refractivity contribution in [1.82, 2.24) is 34.2 Å². The molecule has 2 N–H and O–H groups in total. The number of halogens is 1. The van der Waals surface area contributed by atoms with Crippen LogP contribution in [-0.2, 0) is 17.9 Å². The molecule has 10 nitrogen and oxygen atoms in total. The first-order chi connectivity index (χ1) is 17.4. The van der Waals surface area contributed by atoms with Gasteiger partial charge in [0.05, 0.1) is 23.7 Å². The number of carbonyl (C=O) groups is 1. The van der Waals surface area contributed by atoms with E-state index in [2.05, 4.69) is 20.4 Å². The molecule has 2 unspecified atom stereocenters. The van der Waals surface area contributed by atoms with Crippen molar-refractivity contribution in [3.8, 4) is 11.4 Å². The molecule has 11 heteroatoms. The number of rotatable bonds is 8. The van der Waals surface area contributed by atoms with Crippen LogP contribution in [-0.4, -0.2) is 41.3 Å². The quantitative estimate of drug-likeness (QED) is 0.391. The number of aryl methyl sites for hydroxylation is 1. The maximum atomic E-state index is 14.1. The average Bonchev–Trinajstić information content (AvgIpc) is 3.61. The summed E-state index contributed by atoms with van der Waals surface area (Å²) in [7, 11) is 0. The monoisotopic (exact) mass is 493 g/mol. The first-order valence-electron chi connectivity index (χ1n) is 12.2. The minimum Gasteiger partial charge on any atom is -0.356 e. The van der Waals surface area contributed by atoms with Gasteiger partial charge in [0.15, 0.2) is 5.65 Å². The van der Waals surface area contributed by atoms with Crippen molar-refractivity contribution in [3.05, 3.63) is 68.9 Å². The summed E-state index contributed by atoms with van der Waals surface area (Å²) < 4.78 is 18.5. The number of benzene rings is 1. The van der Waals surface area contributed by atoms with Crippen LogP contribution in [0.2, 0.25) is 0 Å². The van der Waals surface area contributed by atoms with E-state index in [1.54, 1.807) is 29.2 Å². The molecule has 1 amide bonds. The van der Waals surface area contributed by atoms with E-state index in [9.17, 15) is 18.8 Å². The van der Waals surface area contributed by atoms with E-state index < -0.39 is 23.3 Å². The topological polar surface area (TPSA) is 120 Å². The second kappa shape index (κ2) is 9.56. The molecule has 0 spiro atoms. The van der Waals surface area contributed by atoms with Crippen LogP contribution in [0.1, 0.15) is 44.7 Å². The highest BCUT2D eigenvalue weighted by Gasteiger charge is 2.35.